The van der Waals surface area contributed by atoms with Gasteiger partial charge in [0.2, 0.25) is 5.91 Å². The number of amides is 1. The van der Waals surface area contributed by atoms with Crippen LogP contribution in [0.4, 0.5) is 5.69 Å². The van der Waals surface area contributed by atoms with Crippen LogP contribution in [0.2, 0.25) is 0 Å². The van der Waals surface area contributed by atoms with Crippen molar-refractivity contribution >= 4 is 22.6 Å². The van der Waals surface area contributed by atoms with Crippen molar-refractivity contribution in [3.8, 4) is 5.69 Å². The average molecular weight is 401 g/mol. The minimum Gasteiger partial charge on any atom is -0.326 e. The summed E-state index contributed by atoms with van der Waals surface area (Å²) in [4.78, 5) is 14.6. The van der Waals surface area contributed by atoms with Gasteiger partial charge in [-0.1, -0.05) is 17.7 Å². The second-order valence-electron chi connectivity index (χ2n) is 10.2. The smallest absolute Gasteiger partial charge is 0.224 e. The summed E-state index contributed by atoms with van der Waals surface area (Å²) in [5.41, 5.74) is 4.84. The van der Waals surface area contributed by atoms with E-state index in [-0.39, 0.29) is 11.3 Å². The maximum absolute atomic E-state index is 12.9. The van der Waals surface area contributed by atoms with E-state index in [9.17, 15) is 4.79 Å². The molecule has 5 heteroatoms. The topological polar surface area (TPSA) is 59.8 Å². The third-order valence-electron chi connectivity index (χ3n) is 7.63. The van der Waals surface area contributed by atoms with Crippen molar-refractivity contribution in [1.29, 1.82) is 0 Å². The number of carbonyl (C=O) groups excluding carboxylic acids is 1. The zero-order chi connectivity index (χ0) is 20.3. The molecule has 2 aromatic carbocycles. The highest BCUT2D eigenvalue weighted by atomic mass is 16.1. The number of hydrogen-bond donors (Lipinski definition) is 1. The molecule has 4 aliphatic rings. The molecule has 7 rings (SSSR count). The van der Waals surface area contributed by atoms with Crippen LogP contribution in [0, 0.1) is 30.1 Å². The molecule has 154 valence electrons. The van der Waals surface area contributed by atoms with Gasteiger partial charge in [0.25, 0.3) is 0 Å². The summed E-state index contributed by atoms with van der Waals surface area (Å²) in [6.45, 7) is 2.06. The fraction of sp³-hybridized carbons (Fsp3) is 0.480. The Hall–Kier alpha value is -2.69. The molecule has 1 N–H and O–H groups in total. The summed E-state index contributed by atoms with van der Waals surface area (Å²) in [5, 5.41) is 12.3. The van der Waals surface area contributed by atoms with Gasteiger partial charge < -0.3 is 5.32 Å². The number of nitrogens with zero attached hydrogens (tertiary/aromatic N) is 3. The summed E-state index contributed by atoms with van der Waals surface area (Å²) >= 11 is 0. The van der Waals surface area contributed by atoms with Crippen molar-refractivity contribution in [3.63, 3.8) is 0 Å². The number of hydrogen-bond acceptors (Lipinski definition) is 3. The van der Waals surface area contributed by atoms with Crippen LogP contribution in [0.25, 0.3) is 16.7 Å². The van der Waals surface area contributed by atoms with Crippen molar-refractivity contribution in [1.82, 2.24) is 15.0 Å². The molecule has 3 aromatic rings. The monoisotopic (exact) mass is 400 g/mol. The van der Waals surface area contributed by atoms with Crippen molar-refractivity contribution in [2.24, 2.45) is 23.2 Å². The van der Waals surface area contributed by atoms with Crippen LogP contribution in [-0.2, 0) is 4.79 Å². The van der Waals surface area contributed by atoms with Gasteiger partial charge in [-0.25, -0.2) is 0 Å². The molecule has 0 aliphatic heterocycles. The minimum atomic E-state index is 0.155. The van der Waals surface area contributed by atoms with E-state index in [0.29, 0.717) is 6.42 Å². The molecule has 1 heterocycles. The van der Waals surface area contributed by atoms with Crippen molar-refractivity contribution in [3.05, 3.63) is 48.0 Å². The quantitative estimate of drug-likeness (QED) is 0.649. The third kappa shape index (κ3) is 3.21. The van der Waals surface area contributed by atoms with E-state index in [0.717, 1.165) is 40.2 Å². The Bertz CT molecular complexity index is 1080. The highest BCUT2D eigenvalue weighted by Gasteiger charge is 2.51. The van der Waals surface area contributed by atoms with Gasteiger partial charge >= 0.3 is 0 Å². The van der Waals surface area contributed by atoms with Gasteiger partial charge in [0.15, 0.2) is 0 Å². The highest BCUT2D eigenvalue weighted by molar-refractivity contribution is 5.93. The van der Waals surface area contributed by atoms with E-state index in [4.69, 9.17) is 0 Å². The van der Waals surface area contributed by atoms with Crippen LogP contribution in [0.3, 0.4) is 0 Å². The molecule has 30 heavy (non-hydrogen) atoms. The van der Waals surface area contributed by atoms with E-state index in [1.807, 2.05) is 30.3 Å². The molecule has 0 radical (unpaired) electrons. The standard InChI is InChI=1S/C25H28N4O/c1-16-2-5-21(6-3-16)29-27-22-7-4-20(11-23(22)28-29)26-24(30)15-25-12-17-8-18(13-25)10-19(9-17)14-25/h2-7,11,17-19H,8-10,12-15H2,1H3,(H,26,30). The lowest BCUT2D eigenvalue weighted by molar-refractivity contribution is -0.124. The number of aromatic nitrogens is 3. The van der Waals surface area contributed by atoms with Crippen LogP contribution in [-0.4, -0.2) is 20.9 Å². The van der Waals surface area contributed by atoms with Gasteiger partial charge in [0, 0.05) is 12.1 Å². The molecular formula is C25H28N4O. The van der Waals surface area contributed by atoms with Gasteiger partial charge in [-0.15, -0.1) is 10.2 Å². The average Bonchev–Trinajstić information content (AvgIpc) is 3.10. The number of fused-ring (bicyclic) bond motifs is 1. The van der Waals surface area contributed by atoms with E-state index in [2.05, 4.69) is 34.6 Å². The third-order valence-corrected chi connectivity index (χ3v) is 7.63. The summed E-state index contributed by atoms with van der Waals surface area (Å²) in [5.74, 6) is 2.77. The molecule has 0 saturated heterocycles. The Balaban J connectivity index is 1.19. The first-order chi connectivity index (χ1) is 14.5. The maximum atomic E-state index is 12.9. The van der Waals surface area contributed by atoms with E-state index in [1.54, 1.807) is 4.80 Å². The second-order valence-corrected chi connectivity index (χ2v) is 10.2. The SMILES string of the molecule is Cc1ccc(-n2nc3ccc(NC(=O)CC45CC6CC(CC(C6)C4)C5)cc3n2)cc1. The van der Waals surface area contributed by atoms with Gasteiger partial charge in [-0.2, -0.15) is 4.80 Å². The predicted octanol–water partition coefficient (Wildman–Crippen LogP) is 5.27. The van der Waals surface area contributed by atoms with Crippen LogP contribution in [0.5, 0.6) is 0 Å². The largest absolute Gasteiger partial charge is 0.326 e. The van der Waals surface area contributed by atoms with Gasteiger partial charge in [0.1, 0.15) is 11.0 Å². The molecular weight excluding hydrogens is 372 g/mol. The molecule has 0 spiro atoms. The zero-order valence-electron chi connectivity index (χ0n) is 17.5. The van der Waals surface area contributed by atoms with E-state index >= 15 is 0 Å². The molecule has 0 unspecified atom stereocenters. The predicted molar refractivity (Wildman–Crippen MR) is 117 cm³/mol. The van der Waals surface area contributed by atoms with Crippen LogP contribution < -0.4 is 5.32 Å². The molecule has 4 saturated carbocycles. The van der Waals surface area contributed by atoms with Crippen molar-refractivity contribution in [2.75, 3.05) is 5.32 Å². The molecule has 4 bridgehead atoms. The Morgan fingerprint density at radius 3 is 2.27 bits per heavy atom. The van der Waals surface area contributed by atoms with Crippen molar-refractivity contribution in [2.45, 2.75) is 51.9 Å². The number of rotatable bonds is 4. The van der Waals surface area contributed by atoms with E-state index < -0.39 is 0 Å². The minimum absolute atomic E-state index is 0.155. The fourth-order valence-electron chi connectivity index (χ4n) is 6.84. The van der Waals surface area contributed by atoms with E-state index in [1.165, 1.54) is 44.1 Å². The maximum Gasteiger partial charge on any atom is 0.224 e. The number of anilines is 1. The molecule has 4 fully saturated rings. The van der Waals surface area contributed by atoms with Crippen LogP contribution in [0.1, 0.15) is 50.5 Å². The first-order valence-corrected chi connectivity index (χ1v) is 11.3. The Morgan fingerprint density at radius 1 is 0.967 bits per heavy atom. The number of benzene rings is 2. The number of carbonyl (C=O) groups is 1. The first-order valence-electron chi connectivity index (χ1n) is 11.3. The Morgan fingerprint density at radius 2 is 1.60 bits per heavy atom. The number of nitrogens with one attached hydrogen (secondary N) is 1. The molecule has 5 nitrogen and oxygen atoms in total. The lowest BCUT2D eigenvalue weighted by atomic mass is 9.49. The summed E-state index contributed by atoms with van der Waals surface area (Å²) in [6.07, 6.45) is 8.68. The van der Waals surface area contributed by atoms with Crippen LogP contribution >= 0.6 is 0 Å². The first kappa shape index (κ1) is 18.1. The summed E-state index contributed by atoms with van der Waals surface area (Å²) in [6, 6.07) is 14.0. The molecule has 1 aromatic heterocycles. The highest BCUT2D eigenvalue weighted by Crippen LogP contribution is 2.61. The summed E-state index contributed by atoms with van der Waals surface area (Å²) in [7, 11) is 0. The summed E-state index contributed by atoms with van der Waals surface area (Å²) < 4.78 is 0. The zero-order valence-corrected chi connectivity index (χ0v) is 17.5. The van der Waals surface area contributed by atoms with Gasteiger partial charge in [0.05, 0.1) is 5.69 Å². The van der Waals surface area contributed by atoms with Crippen LogP contribution in [0.15, 0.2) is 42.5 Å². The van der Waals surface area contributed by atoms with Gasteiger partial charge in [-0.3, -0.25) is 4.79 Å². The number of aryl methyl sites for hydroxylation is 1. The normalized spacial score (nSPS) is 29.4. The molecule has 0 atom stereocenters. The fourth-order valence-corrected chi connectivity index (χ4v) is 6.84. The molecule has 4 aliphatic carbocycles. The lowest BCUT2D eigenvalue weighted by Gasteiger charge is -2.56. The Kier molecular flexibility index (Phi) is 4.02. The Labute approximate surface area is 176 Å². The molecule has 1 amide bonds. The second kappa shape index (κ2) is 6.66. The lowest BCUT2D eigenvalue weighted by Crippen LogP contribution is -2.47. The van der Waals surface area contributed by atoms with Gasteiger partial charge in [-0.05, 0) is 98.9 Å². The van der Waals surface area contributed by atoms with Crippen molar-refractivity contribution < 1.29 is 4.79 Å².